The second-order valence-electron chi connectivity index (χ2n) is 3.42. The predicted octanol–water partition coefficient (Wildman–Crippen LogP) is 0.189. The largest absolute Gasteiger partial charge is 0.453 e. The van der Waals surface area contributed by atoms with Crippen LogP contribution in [0.4, 0.5) is 4.79 Å². The molecule has 2 saturated heterocycles. The summed E-state index contributed by atoms with van der Waals surface area (Å²) >= 11 is 0. The minimum absolute atomic E-state index is 0.163. The van der Waals surface area contributed by atoms with E-state index in [4.69, 9.17) is 4.74 Å². The fraction of sp³-hybridized carbons (Fsp3) is 0.875. The summed E-state index contributed by atoms with van der Waals surface area (Å²) in [6.07, 6.45) is 2.07. The fourth-order valence-corrected chi connectivity index (χ4v) is 2.18. The van der Waals surface area contributed by atoms with E-state index in [1.54, 1.807) is 0 Å². The van der Waals surface area contributed by atoms with Gasteiger partial charge in [0.1, 0.15) is 0 Å². The molecule has 2 rings (SSSR count). The van der Waals surface area contributed by atoms with Crippen LogP contribution in [0.1, 0.15) is 12.8 Å². The monoisotopic (exact) mass is 170 g/mol. The third-order valence-electron chi connectivity index (χ3n) is 2.77. The maximum atomic E-state index is 11.3. The maximum absolute atomic E-state index is 11.3. The van der Waals surface area contributed by atoms with Gasteiger partial charge in [-0.15, -0.1) is 0 Å². The second kappa shape index (κ2) is 2.94. The lowest BCUT2D eigenvalue weighted by Crippen LogP contribution is -2.54. The number of carbonyl (C=O) groups is 1. The molecule has 2 bridgehead atoms. The van der Waals surface area contributed by atoms with Crippen LogP contribution in [0.5, 0.6) is 0 Å². The number of piperazine rings is 1. The van der Waals surface area contributed by atoms with Gasteiger partial charge in [-0.3, -0.25) is 4.90 Å². The van der Waals surface area contributed by atoms with Crippen LogP contribution in [0, 0.1) is 0 Å². The van der Waals surface area contributed by atoms with E-state index in [9.17, 15) is 4.79 Å². The first-order chi connectivity index (χ1) is 5.83. The molecule has 0 aromatic rings. The molecule has 2 atom stereocenters. The Morgan fingerprint density at radius 3 is 2.50 bits per heavy atom. The molecule has 0 aliphatic carbocycles. The van der Waals surface area contributed by atoms with Gasteiger partial charge in [0.2, 0.25) is 0 Å². The minimum atomic E-state index is -0.163. The molecule has 4 heteroatoms. The van der Waals surface area contributed by atoms with Crippen LogP contribution in [0.15, 0.2) is 0 Å². The Hall–Kier alpha value is -0.770. The van der Waals surface area contributed by atoms with E-state index in [0.29, 0.717) is 12.1 Å². The summed E-state index contributed by atoms with van der Waals surface area (Å²) < 4.78 is 4.73. The van der Waals surface area contributed by atoms with Crippen molar-refractivity contribution < 1.29 is 9.53 Å². The van der Waals surface area contributed by atoms with E-state index in [1.807, 2.05) is 4.90 Å². The van der Waals surface area contributed by atoms with Crippen LogP contribution < -0.4 is 5.32 Å². The van der Waals surface area contributed by atoms with Crippen molar-refractivity contribution in [3.05, 3.63) is 0 Å². The van der Waals surface area contributed by atoms with Gasteiger partial charge in [0.25, 0.3) is 0 Å². The van der Waals surface area contributed by atoms with Crippen LogP contribution in [0.25, 0.3) is 0 Å². The first-order valence-electron chi connectivity index (χ1n) is 4.40. The van der Waals surface area contributed by atoms with Crippen molar-refractivity contribution in [2.45, 2.75) is 24.9 Å². The second-order valence-corrected chi connectivity index (χ2v) is 3.42. The highest BCUT2D eigenvalue weighted by Gasteiger charge is 2.39. The number of hydrogen-bond donors (Lipinski definition) is 1. The lowest BCUT2D eigenvalue weighted by atomic mass is 10.2. The van der Waals surface area contributed by atoms with Crippen molar-refractivity contribution in [3.63, 3.8) is 0 Å². The molecule has 4 nitrogen and oxygen atoms in total. The molecule has 0 aromatic heterocycles. The molecule has 0 saturated carbocycles. The van der Waals surface area contributed by atoms with Gasteiger partial charge in [0.15, 0.2) is 0 Å². The number of fused-ring (bicyclic) bond motifs is 2. The van der Waals surface area contributed by atoms with Gasteiger partial charge in [-0.1, -0.05) is 0 Å². The molecule has 2 heterocycles. The van der Waals surface area contributed by atoms with Gasteiger partial charge < -0.3 is 10.1 Å². The summed E-state index contributed by atoms with van der Waals surface area (Å²) in [6.45, 7) is 1.84. The first-order valence-corrected chi connectivity index (χ1v) is 4.40. The third kappa shape index (κ3) is 1.06. The molecular weight excluding hydrogens is 156 g/mol. The lowest BCUT2D eigenvalue weighted by Gasteiger charge is -2.33. The molecule has 0 radical (unpaired) electrons. The van der Waals surface area contributed by atoms with E-state index in [-0.39, 0.29) is 6.09 Å². The number of amides is 1. The van der Waals surface area contributed by atoms with Crippen molar-refractivity contribution in [3.8, 4) is 0 Å². The van der Waals surface area contributed by atoms with E-state index in [0.717, 1.165) is 25.9 Å². The zero-order chi connectivity index (χ0) is 8.55. The SMILES string of the molecule is COC(=O)N1[C@@H]2CC[C@H]1CNC2. The maximum Gasteiger partial charge on any atom is 0.410 e. The summed E-state index contributed by atoms with van der Waals surface area (Å²) in [7, 11) is 1.45. The van der Waals surface area contributed by atoms with E-state index in [1.165, 1.54) is 7.11 Å². The molecular formula is C8H14N2O2. The zero-order valence-electron chi connectivity index (χ0n) is 7.25. The average molecular weight is 170 g/mol. The van der Waals surface area contributed by atoms with Gasteiger partial charge in [-0.2, -0.15) is 0 Å². The summed E-state index contributed by atoms with van der Waals surface area (Å²) in [4.78, 5) is 13.2. The summed E-state index contributed by atoms with van der Waals surface area (Å²) in [6, 6.07) is 0.743. The van der Waals surface area contributed by atoms with Gasteiger partial charge in [0, 0.05) is 25.2 Å². The molecule has 1 amide bonds. The van der Waals surface area contributed by atoms with Crippen molar-refractivity contribution in [1.82, 2.24) is 10.2 Å². The molecule has 68 valence electrons. The molecule has 2 aliphatic rings. The highest BCUT2D eigenvalue weighted by atomic mass is 16.5. The summed E-state index contributed by atoms with van der Waals surface area (Å²) in [5, 5.41) is 3.31. The first kappa shape index (κ1) is 7.86. The number of nitrogens with zero attached hydrogens (tertiary/aromatic N) is 1. The molecule has 2 aliphatic heterocycles. The Bertz CT molecular complexity index is 179. The van der Waals surface area contributed by atoms with E-state index < -0.39 is 0 Å². The van der Waals surface area contributed by atoms with Crippen molar-refractivity contribution in [1.29, 1.82) is 0 Å². The van der Waals surface area contributed by atoms with Crippen LogP contribution in [-0.2, 0) is 4.74 Å². The Balaban J connectivity index is 2.10. The number of ether oxygens (including phenoxy) is 1. The molecule has 0 aromatic carbocycles. The normalized spacial score (nSPS) is 33.6. The zero-order valence-corrected chi connectivity index (χ0v) is 7.25. The predicted molar refractivity (Wildman–Crippen MR) is 43.9 cm³/mol. The van der Waals surface area contributed by atoms with Gasteiger partial charge in [0.05, 0.1) is 7.11 Å². The molecule has 1 N–H and O–H groups in total. The van der Waals surface area contributed by atoms with E-state index >= 15 is 0 Å². The van der Waals surface area contributed by atoms with Crippen molar-refractivity contribution >= 4 is 6.09 Å². The Kier molecular flexibility index (Phi) is 1.92. The Morgan fingerprint density at radius 1 is 1.42 bits per heavy atom. The number of methoxy groups -OCH3 is 1. The standard InChI is InChI=1S/C8H14N2O2/c1-12-8(11)10-6-2-3-7(10)5-9-4-6/h6-7,9H,2-5H2,1H3/t6-,7+. The number of nitrogens with one attached hydrogen (secondary N) is 1. The number of carbonyl (C=O) groups excluding carboxylic acids is 1. The smallest absolute Gasteiger partial charge is 0.410 e. The highest BCUT2D eigenvalue weighted by molar-refractivity contribution is 5.69. The summed E-state index contributed by atoms with van der Waals surface area (Å²) in [5.41, 5.74) is 0. The molecule has 2 fully saturated rings. The Morgan fingerprint density at radius 2 is 2.00 bits per heavy atom. The summed E-state index contributed by atoms with van der Waals surface area (Å²) in [5.74, 6) is 0. The van der Waals surface area contributed by atoms with Crippen LogP contribution in [-0.4, -0.2) is 43.3 Å². The quantitative estimate of drug-likeness (QED) is 0.564. The number of rotatable bonds is 0. The van der Waals surface area contributed by atoms with E-state index in [2.05, 4.69) is 5.32 Å². The fourth-order valence-electron chi connectivity index (χ4n) is 2.18. The van der Waals surface area contributed by atoms with Crippen molar-refractivity contribution in [2.75, 3.05) is 20.2 Å². The number of hydrogen-bond acceptors (Lipinski definition) is 3. The van der Waals surface area contributed by atoms with Crippen molar-refractivity contribution in [2.24, 2.45) is 0 Å². The van der Waals surface area contributed by atoms with Crippen LogP contribution >= 0.6 is 0 Å². The molecule has 12 heavy (non-hydrogen) atoms. The lowest BCUT2D eigenvalue weighted by molar-refractivity contribution is 0.0912. The van der Waals surface area contributed by atoms with Crippen LogP contribution in [0.3, 0.4) is 0 Å². The third-order valence-corrected chi connectivity index (χ3v) is 2.77. The van der Waals surface area contributed by atoms with Gasteiger partial charge in [-0.25, -0.2) is 4.79 Å². The van der Waals surface area contributed by atoms with Crippen LogP contribution in [0.2, 0.25) is 0 Å². The van der Waals surface area contributed by atoms with Gasteiger partial charge >= 0.3 is 6.09 Å². The molecule has 0 unspecified atom stereocenters. The highest BCUT2D eigenvalue weighted by Crippen LogP contribution is 2.26. The molecule has 0 spiro atoms. The minimum Gasteiger partial charge on any atom is -0.453 e. The Labute approximate surface area is 71.9 Å². The average Bonchev–Trinajstić information content (AvgIpc) is 2.35. The van der Waals surface area contributed by atoms with Gasteiger partial charge in [-0.05, 0) is 12.8 Å². The topological polar surface area (TPSA) is 41.6 Å².